The van der Waals surface area contributed by atoms with Crippen molar-refractivity contribution < 1.29 is 39.9 Å². The number of rotatable bonds is 11. The van der Waals surface area contributed by atoms with Crippen molar-refractivity contribution in [2.24, 2.45) is 0 Å². The third-order valence-electron chi connectivity index (χ3n) is 4.88. The predicted octanol–water partition coefficient (Wildman–Crippen LogP) is -2.71. The predicted molar refractivity (Wildman–Crippen MR) is 95.1 cm³/mol. The lowest BCUT2D eigenvalue weighted by molar-refractivity contribution is -0.154. The average molecular weight is 406 g/mol. The molecule has 0 bridgehead atoms. The van der Waals surface area contributed by atoms with E-state index in [4.69, 9.17) is 5.11 Å². The molecule has 0 aromatic rings. The first-order chi connectivity index (χ1) is 12.8. The fourth-order valence-corrected chi connectivity index (χ4v) is 4.78. The molecule has 2 saturated heterocycles. The van der Waals surface area contributed by atoms with Crippen molar-refractivity contribution in [2.75, 3.05) is 12.4 Å². The second-order valence-electron chi connectivity index (χ2n) is 6.83. The van der Waals surface area contributed by atoms with Gasteiger partial charge in [0, 0.05) is 17.4 Å². The van der Waals surface area contributed by atoms with E-state index in [0.29, 0.717) is 12.8 Å². The molecule has 7 N–H and O–H groups in total. The number of aliphatic hydroxyl groups excluding tert-OH is 5. The molecule has 154 valence electrons. The smallest absolute Gasteiger partial charge is 0.315 e. The summed E-state index contributed by atoms with van der Waals surface area (Å²) in [5.41, 5.74) is 0. The Morgan fingerprint density at radius 3 is 2.48 bits per heavy atom. The van der Waals surface area contributed by atoms with Crippen LogP contribution in [0.2, 0.25) is 0 Å². The number of nitrogens with one attached hydrogen (secondary N) is 2. The van der Waals surface area contributed by atoms with Crippen molar-refractivity contribution in [1.82, 2.24) is 10.6 Å². The van der Waals surface area contributed by atoms with Crippen LogP contribution in [-0.2, 0) is 9.59 Å². The van der Waals surface area contributed by atoms with Gasteiger partial charge in [-0.1, -0.05) is 6.42 Å². The highest BCUT2D eigenvalue weighted by atomic mass is 32.2. The highest BCUT2D eigenvalue weighted by Crippen LogP contribution is 2.33. The Morgan fingerprint density at radius 2 is 1.81 bits per heavy atom. The molecule has 2 fully saturated rings. The number of Topliss-reactive ketones (excluding diaryl/α,β-unsaturated/α-hetero) is 2. The highest BCUT2D eigenvalue weighted by molar-refractivity contribution is 8.00. The number of carbonyl (C=O) groups excluding carboxylic acids is 3. The minimum Gasteiger partial charge on any atom is -0.394 e. The summed E-state index contributed by atoms with van der Waals surface area (Å²) in [6, 6.07) is 0.0152. The van der Waals surface area contributed by atoms with Gasteiger partial charge in [-0.15, -0.1) is 0 Å². The standard InChI is InChI=1S/C16H26N2O8S/c19-5-9(21)13(23)15(25)14(24)12(22)8(20)3-1-2-4-10-11-7(6-27-10)17-16(26)18-11/h7,9-11,13-15,19,21,23-25H,1-6H2,(H2,17,18,26)/t7-,9+,10-,11-,13+,14-,15-/m0/s1. The molecular formula is C16H26N2O8S. The van der Waals surface area contributed by atoms with Gasteiger partial charge in [0.25, 0.3) is 0 Å². The van der Waals surface area contributed by atoms with Crippen LogP contribution < -0.4 is 10.6 Å². The number of unbranched alkanes of at least 4 members (excludes halogenated alkanes) is 1. The average Bonchev–Trinajstić information content (AvgIpc) is 3.21. The molecular weight excluding hydrogens is 380 g/mol. The van der Waals surface area contributed by atoms with Gasteiger partial charge in [-0.2, -0.15) is 11.8 Å². The number of hydrogen-bond acceptors (Lipinski definition) is 9. The maximum Gasteiger partial charge on any atom is 0.315 e. The third kappa shape index (κ3) is 5.39. The molecule has 7 atom stereocenters. The zero-order valence-corrected chi connectivity index (χ0v) is 15.5. The van der Waals surface area contributed by atoms with E-state index >= 15 is 0 Å². The van der Waals surface area contributed by atoms with Crippen LogP contribution in [0.1, 0.15) is 25.7 Å². The van der Waals surface area contributed by atoms with Crippen LogP contribution in [0, 0.1) is 0 Å². The van der Waals surface area contributed by atoms with E-state index in [-0.39, 0.29) is 29.8 Å². The SMILES string of the molecule is O=C1N[C@H]2[C@H](CS[C@H]2CCCCC(=O)C(=O)[C@H](O)[C@@H](O)[C@H](O)[C@H](O)CO)N1. The lowest BCUT2D eigenvalue weighted by Crippen LogP contribution is -2.50. The van der Waals surface area contributed by atoms with Crippen LogP contribution in [-0.4, -0.2) is 97.2 Å². The molecule has 11 heteroatoms. The normalized spacial score (nSPS) is 28.6. The molecule has 0 radical (unpaired) electrons. The van der Waals surface area contributed by atoms with Crippen LogP contribution in [0.15, 0.2) is 0 Å². The van der Waals surface area contributed by atoms with Gasteiger partial charge in [0.15, 0.2) is 0 Å². The van der Waals surface area contributed by atoms with Gasteiger partial charge in [-0.05, 0) is 12.8 Å². The Kier molecular flexibility index (Phi) is 8.01. The number of hydrogen-bond donors (Lipinski definition) is 7. The van der Waals surface area contributed by atoms with Gasteiger partial charge >= 0.3 is 6.03 Å². The monoisotopic (exact) mass is 406 g/mol. The lowest BCUT2D eigenvalue weighted by Gasteiger charge is -2.24. The van der Waals surface area contributed by atoms with E-state index in [1.165, 1.54) is 0 Å². The van der Waals surface area contributed by atoms with E-state index in [9.17, 15) is 34.8 Å². The molecule has 2 aliphatic heterocycles. The topological polar surface area (TPSA) is 176 Å². The summed E-state index contributed by atoms with van der Waals surface area (Å²) in [6.45, 7) is -0.871. The Bertz CT molecular complexity index is 563. The maximum absolute atomic E-state index is 11.9. The summed E-state index contributed by atoms with van der Waals surface area (Å²) in [4.78, 5) is 35.1. The Balaban J connectivity index is 1.70. The molecule has 2 heterocycles. The Morgan fingerprint density at radius 1 is 1.11 bits per heavy atom. The zero-order chi connectivity index (χ0) is 20.1. The maximum atomic E-state index is 11.9. The van der Waals surface area contributed by atoms with E-state index in [0.717, 1.165) is 12.2 Å². The molecule has 27 heavy (non-hydrogen) atoms. The van der Waals surface area contributed by atoms with E-state index in [1.54, 1.807) is 11.8 Å². The Labute approximate surface area is 160 Å². The quantitative estimate of drug-likeness (QED) is 0.109. The van der Waals surface area contributed by atoms with Crippen molar-refractivity contribution in [2.45, 2.75) is 67.4 Å². The van der Waals surface area contributed by atoms with Gasteiger partial charge in [-0.3, -0.25) is 9.59 Å². The minimum atomic E-state index is -2.17. The fraction of sp³-hybridized carbons (Fsp3) is 0.812. The summed E-state index contributed by atoms with van der Waals surface area (Å²) >= 11 is 1.74. The van der Waals surface area contributed by atoms with Crippen molar-refractivity contribution in [1.29, 1.82) is 0 Å². The highest BCUT2D eigenvalue weighted by Gasteiger charge is 2.42. The number of fused-ring (bicyclic) bond motifs is 1. The zero-order valence-electron chi connectivity index (χ0n) is 14.7. The van der Waals surface area contributed by atoms with Gasteiger partial charge in [0.2, 0.25) is 11.6 Å². The van der Waals surface area contributed by atoms with Crippen molar-refractivity contribution in [3.8, 4) is 0 Å². The third-order valence-corrected chi connectivity index (χ3v) is 6.39. The van der Waals surface area contributed by atoms with Crippen molar-refractivity contribution in [3.05, 3.63) is 0 Å². The van der Waals surface area contributed by atoms with Crippen molar-refractivity contribution in [3.63, 3.8) is 0 Å². The van der Waals surface area contributed by atoms with Crippen molar-refractivity contribution >= 4 is 29.4 Å². The molecule has 2 amide bonds. The Hall–Kier alpha value is -1.24. The molecule has 0 saturated carbocycles. The van der Waals surface area contributed by atoms with Gasteiger partial charge in [0.1, 0.15) is 24.4 Å². The number of carbonyl (C=O) groups is 3. The molecule has 0 spiro atoms. The largest absolute Gasteiger partial charge is 0.394 e. The van der Waals surface area contributed by atoms with Crippen LogP contribution in [0.25, 0.3) is 0 Å². The first kappa shape index (κ1) is 22.1. The molecule has 0 aromatic carbocycles. The number of urea groups is 1. The summed E-state index contributed by atoms with van der Waals surface area (Å²) < 4.78 is 0. The molecule has 0 unspecified atom stereocenters. The second kappa shape index (κ2) is 9.80. The van der Waals surface area contributed by atoms with Crippen LogP contribution in [0.4, 0.5) is 4.79 Å². The number of ketones is 2. The fourth-order valence-electron chi connectivity index (χ4n) is 3.24. The van der Waals surface area contributed by atoms with Gasteiger partial charge < -0.3 is 36.2 Å². The first-order valence-corrected chi connectivity index (χ1v) is 9.90. The molecule has 10 nitrogen and oxygen atoms in total. The molecule has 0 aliphatic carbocycles. The van der Waals surface area contributed by atoms with Crippen LogP contribution in [0.3, 0.4) is 0 Å². The van der Waals surface area contributed by atoms with E-state index < -0.39 is 42.6 Å². The summed E-state index contributed by atoms with van der Waals surface area (Å²) in [6.07, 6.45) is -6.22. The van der Waals surface area contributed by atoms with Crippen LogP contribution in [0.5, 0.6) is 0 Å². The van der Waals surface area contributed by atoms with E-state index in [2.05, 4.69) is 10.6 Å². The number of thioether (sulfide) groups is 1. The van der Waals surface area contributed by atoms with Gasteiger partial charge in [0.05, 0.1) is 18.7 Å². The molecule has 2 aliphatic rings. The number of amides is 2. The molecule has 2 rings (SSSR count). The summed E-state index contributed by atoms with van der Waals surface area (Å²) in [7, 11) is 0. The van der Waals surface area contributed by atoms with Crippen LogP contribution >= 0.6 is 11.8 Å². The summed E-state index contributed by atoms with van der Waals surface area (Å²) in [5, 5.41) is 52.7. The van der Waals surface area contributed by atoms with E-state index in [1.807, 2.05) is 0 Å². The lowest BCUT2D eigenvalue weighted by atomic mass is 9.96. The second-order valence-corrected chi connectivity index (χ2v) is 8.10. The number of aliphatic hydroxyl groups is 5. The molecule has 0 aromatic heterocycles. The summed E-state index contributed by atoms with van der Waals surface area (Å²) in [5.74, 6) is -1.29. The first-order valence-electron chi connectivity index (χ1n) is 8.85. The van der Waals surface area contributed by atoms with Gasteiger partial charge in [-0.25, -0.2) is 4.79 Å². The minimum absolute atomic E-state index is 0.0660.